The molecule has 0 unspecified atom stereocenters. The van der Waals surface area contributed by atoms with Gasteiger partial charge >= 0.3 is 0 Å². The number of aliphatic hydroxyl groups excluding tert-OH is 1. The Bertz CT molecular complexity index is 1040. The van der Waals surface area contributed by atoms with E-state index in [4.69, 9.17) is 0 Å². The lowest BCUT2D eigenvalue weighted by Gasteiger charge is -2.35. The molecular weight excluding hydrogens is 354 g/mol. The highest BCUT2D eigenvalue weighted by molar-refractivity contribution is 5.79. The fourth-order valence-corrected chi connectivity index (χ4v) is 5.02. The molecule has 3 aromatic rings. The number of aromatic nitrogens is 4. The molecule has 1 aliphatic heterocycles. The molecule has 0 radical (unpaired) electrons. The Morgan fingerprint density at radius 3 is 2.82 bits per heavy atom. The van der Waals surface area contributed by atoms with E-state index < -0.39 is 6.10 Å². The SMILES string of the molecule is Cc1ccc2cc(CN3C[C@H]4C[C@@H](n5cncn5)[C@H](O)C[C@H]4C3)c(=O)[nH]c2c1. The standard InChI is InChI=1S/C21H25N5O2/c1-13-2-3-14-5-17(21(28)24-18(14)4-13)10-25-8-15-6-19(26-12-22-11-23-26)20(27)7-16(15)9-25/h2-5,11-12,15-16,19-20,27H,6-10H2,1H3,(H,24,28)/t15-,16+,19-,20-/m1/s1. The zero-order valence-electron chi connectivity index (χ0n) is 16.0. The summed E-state index contributed by atoms with van der Waals surface area (Å²) < 4.78 is 1.79. The zero-order valence-corrected chi connectivity index (χ0v) is 16.0. The van der Waals surface area contributed by atoms with Gasteiger partial charge in [-0.1, -0.05) is 12.1 Å². The van der Waals surface area contributed by atoms with Gasteiger partial charge in [0, 0.05) is 30.7 Å². The highest BCUT2D eigenvalue weighted by Crippen LogP contribution is 2.41. The third-order valence-corrected chi connectivity index (χ3v) is 6.43. The van der Waals surface area contributed by atoms with Gasteiger partial charge in [-0.15, -0.1) is 0 Å². The maximum Gasteiger partial charge on any atom is 0.252 e. The topological polar surface area (TPSA) is 87.0 Å². The Labute approximate surface area is 163 Å². The maximum atomic E-state index is 12.6. The number of nitrogens with one attached hydrogen (secondary N) is 1. The fraction of sp³-hybridized carbons (Fsp3) is 0.476. The molecule has 7 heteroatoms. The van der Waals surface area contributed by atoms with Gasteiger partial charge in [-0.2, -0.15) is 5.10 Å². The summed E-state index contributed by atoms with van der Waals surface area (Å²) in [5.74, 6) is 0.983. The van der Waals surface area contributed by atoms with Crippen molar-refractivity contribution in [2.75, 3.05) is 13.1 Å². The lowest BCUT2D eigenvalue weighted by Crippen LogP contribution is -2.36. The second-order valence-electron chi connectivity index (χ2n) is 8.41. The summed E-state index contributed by atoms with van der Waals surface area (Å²) in [5.41, 5.74) is 2.83. The lowest BCUT2D eigenvalue weighted by molar-refractivity contribution is 0.0304. The van der Waals surface area contributed by atoms with Crippen LogP contribution in [0.1, 0.15) is 30.0 Å². The number of hydrogen-bond acceptors (Lipinski definition) is 5. The quantitative estimate of drug-likeness (QED) is 0.726. The van der Waals surface area contributed by atoms with Crippen LogP contribution in [-0.4, -0.2) is 48.9 Å². The Kier molecular flexibility index (Phi) is 4.29. The van der Waals surface area contributed by atoms with Gasteiger partial charge in [-0.25, -0.2) is 9.67 Å². The number of benzene rings is 1. The molecule has 5 rings (SSSR count). The van der Waals surface area contributed by atoms with Gasteiger partial charge in [0.1, 0.15) is 12.7 Å². The molecule has 1 saturated heterocycles. The third-order valence-electron chi connectivity index (χ3n) is 6.43. The number of hydrogen-bond donors (Lipinski definition) is 2. The first-order chi connectivity index (χ1) is 13.6. The number of aromatic amines is 1. The molecule has 28 heavy (non-hydrogen) atoms. The molecule has 7 nitrogen and oxygen atoms in total. The minimum absolute atomic E-state index is 0.00369. The van der Waals surface area contributed by atoms with Crippen LogP contribution >= 0.6 is 0 Å². The number of pyridine rings is 1. The molecule has 3 heterocycles. The number of aryl methyl sites for hydroxylation is 1. The molecule has 2 aromatic heterocycles. The van der Waals surface area contributed by atoms with E-state index in [1.807, 2.05) is 19.1 Å². The number of nitrogens with zero attached hydrogens (tertiary/aromatic N) is 4. The first-order valence-electron chi connectivity index (χ1n) is 9.94. The van der Waals surface area contributed by atoms with E-state index in [2.05, 4.69) is 32.1 Å². The van der Waals surface area contributed by atoms with Crippen molar-refractivity contribution in [2.24, 2.45) is 11.8 Å². The molecule has 1 saturated carbocycles. The largest absolute Gasteiger partial charge is 0.391 e. The first kappa shape index (κ1) is 17.6. The summed E-state index contributed by atoms with van der Waals surface area (Å²) in [6, 6.07) is 8.16. The van der Waals surface area contributed by atoms with Crippen molar-refractivity contribution in [1.29, 1.82) is 0 Å². The van der Waals surface area contributed by atoms with Gasteiger partial charge < -0.3 is 10.1 Å². The van der Waals surface area contributed by atoms with Crippen molar-refractivity contribution in [3.63, 3.8) is 0 Å². The average molecular weight is 379 g/mol. The van der Waals surface area contributed by atoms with E-state index in [1.54, 1.807) is 11.0 Å². The van der Waals surface area contributed by atoms with Crippen molar-refractivity contribution in [3.05, 3.63) is 58.4 Å². The van der Waals surface area contributed by atoms with Gasteiger partial charge in [0.2, 0.25) is 0 Å². The molecule has 0 spiro atoms. The summed E-state index contributed by atoms with van der Waals surface area (Å²) in [6.45, 7) is 4.56. The smallest absolute Gasteiger partial charge is 0.252 e. The van der Waals surface area contributed by atoms with Gasteiger partial charge in [0.15, 0.2) is 0 Å². The van der Waals surface area contributed by atoms with Crippen molar-refractivity contribution in [3.8, 4) is 0 Å². The summed E-state index contributed by atoms with van der Waals surface area (Å²) >= 11 is 0. The predicted octanol–water partition coefficient (Wildman–Crippen LogP) is 1.87. The minimum Gasteiger partial charge on any atom is -0.391 e. The van der Waals surface area contributed by atoms with Crippen molar-refractivity contribution >= 4 is 10.9 Å². The monoisotopic (exact) mass is 379 g/mol. The Hall–Kier alpha value is -2.51. The minimum atomic E-state index is -0.393. The van der Waals surface area contributed by atoms with E-state index in [-0.39, 0.29) is 11.6 Å². The summed E-state index contributed by atoms with van der Waals surface area (Å²) in [5, 5.41) is 15.9. The average Bonchev–Trinajstić information content (AvgIpc) is 3.31. The highest BCUT2D eigenvalue weighted by atomic mass is 16.3. The maximum absolute atomic E-state index is 12.6. The Balaban J connectivity index is 1.33. The molecule has 1 aromatic carbocycles. The second-order valence-corrected chi connectivity index (χ2v) is 8.41. The van der Waals surface area contributed by atoms with E-state index in [0.29, 0.717) is 18.4 Å². The molecule has 146 valence electrons. The van der Waals surface area contributed by atoms with Crippen LogP contribution in [0, 0.1) is 18.8 Å². The van der Waals surface area contributed by atoms with Crippen LogP contribution in [-0.2, 0) is 6.54 Å². The molecule has 1 aliphatic carbocycles. The molecule has 0 bridgehead atoms. The predicted molar refractivity (Wildman–Crippen MR) is 106 cm³/mol. The van der Waals surface area contributed by atoms with Crippen molar-refractivity contribution in [1.82, 2.24) is 24.6 Å². The molecule has 2 N–H and O–H groups in total. The van der Waals surface area contributed by atoms with Crippen LogP contribution < -0.4 is 5.56 Å². The number of fused-ring (bicyclic) bond motifs is 2. The summed E-state index contributed by atoms with van der Waals surface area (Å²) in [4.78, 5) is 22.0. The molecule has 2 aliphatic rings. The highest BCUT2D eigenvalue weighted by Gasteiger charge is 2.42. The second kappa shape index (κ2) is 6.83. The van der Waals surface area contributed by atoms with Gasteiger partial charge in [-0.05, 0) is 54.7 Å². The summed E-state index contributed by atoms with van der Waals surface area (Å²) in [6.07, 6.45) is 4.50. The number of aliphatic hydroxyl groups is 1. The Morgan fingerprint density at radius 2 is 2.04 bits per heavy atom. The number of rotatable bonds is 3. The van der Waals surface area contributed by atoms with Crippen LogP contribution in [0.4, 0.5) is 0 Å². The number of H-pyrrole nitrogens is 1. The number of likely N-dealkylation sites (tertiary alicyclic amines) is 1. The van der Waals surface area contributed by atoms with Crippen LogP contribution in [0.25, 0.3) is 10.9 Å². The van der Waals surface area contributed by atoms with Crippen molar-refractivity contribution < 1.29 is 5.11 Å². The van der Waals surface area contributed by atoms with E-state index >= 15 is 0 Å². The van der Waals surface area contributed by atoms with E-state index in [9.17, 15) is 9.90 Å². The first-order valence-corrected chi connectivity index (χ1v) is 9.94. The molecular formula is C21H25N5O2. The van der Waals surface area contributed by atoms with E-state index in [1.165, 1.54) is 6.33 Å². The van der Waals surface area contributed by atoms with Crippen LogP contribution in [0.15, 0.2) is 41.7 Å². The summed E-state index contributed by atoms with van der Waals surface area (Å²) in [7, 11) is 0. The van der Waals surface area contributed by atoms with Gasteiger partial charge in [0.25, 0.3) is 5.56 Å². The van der Waals surface area contributed by atoms with Crippen LogP contribution in [0.5, 0.6) is 0 Å². The Morgan fingerprint density at radius 1 is 1.21 bits per heavy atom. The third kappa shape index (κ3) is 3.14. The molecule has 2 fully saturated rings. The zero-order chi connectivity index (χ0) is 19.3. The van der Waals surface area contributed by atoms with Crippen LogP contribution in [0.2, 0.25) is 0 Å². The molecule has 0 amide bonds. The van der Waals surface area contributed by atoms with Crippen LogP contribution in [0.3, 0.4) is 0 Å². The fourth-order valence-electron chi connectivity index (χ4n) is 5.02. The normalized spacial score (nSPS) is 27.9. The lowest BCUT2D eigenvalue weighted by atomic mass is 9.77. The van der Waals surface area contributed by atoms with Crippen molar-refractivity contribution in [2.45, 2.75) is 38.5 Å². The van der Waals surface area contributed by atoms with E-state index in [0.717, 1.165) is 48.0 Å². The van der Waals surface area contributed by atoms with Gasteiger partial charge in [0.05, 0.1) is 12.1 Å². The molecule has 4 atom stereocenters. The van der Waals surface area contributed by atoms with Gasteiger partial charge in [-0.3, -0.25) is 9.69 Å².